The second-order valence-corrected chi connectivity index (χ2v) is 7.87. The molecule has 3 rings (SSSR count). The number of rotatable bonds is 3. The van der Waals surface area contributed by atoms with E-state index in [1.165, 1.54) is 18.2 Å². The van der Waals surface area contributed by atoms with Crippen molar-refractivity contribution in [3.05, 3.63) is 56.7 Å². The Labute approximate surface area is 163 Å². The zero-order valence-corrected chi connectivity index (χ0v) is 16.3. The van der Waals surface area contributed by atoms with Gasteiger partial charge >= 0.3 is 5.97 Å². The summed E-state index contributed by atoms with van der Waals surface area (Å²) in [4.78, 5) is 36.2. The molecule has 1 aliphatic heterocycles. The summed E-state index contributed by atoms with van der Waals surface area (Å²) in [5, 5.41) is 11.9. The van der Waals surface area contributed by atoms with Crippen LogP contribution in [0.1, 0.15) is 51.3 Å². The third-order valence-corrected chi connectivity index (χ3v) is 4.65. The molecule has 1 aliphatic rings. The van der Waals surface area contributed by atoms with Gasteiger partial charge in [-0.25, -0.2) is 4.79 Å². The third-order valence-electron chi connectivity index (χ3n) is 3.97. The number of carbonyl (C=O) groups is 3. The molecule has 0 saturated heterocycles. The van der Waals surface area contributed by atoms with Gasteiger partial charge in [-0.1, -0.05) is 0 Å². The van der Waals surface area contributed by atoms with Crippen LogP contribution in [0.25, 0.3) is 0 Å². The highest BCUT2D eigenvalue weighted by molar-refractivity contribution is 14.1. The van der Waals surface area contributed by atoms with E-state index in [0.717, 1.165) is 3.57 Å². The summed E-state index contributed by atoms with van der Waals surface area (Å²) >= 11 is 2.00. The lowest BCUT2D eigenvalue weighted by Gasteiger charge is -2.31. The maximum Gasteiger partial charge on any atom is 0.337 e. The van der Waals surface area contributed by atoms with E-state index < -0.39 is 17.5 Å². The van der Waals surface area contributed by atoms with Crippen LogP contribution in [-0.4, -0.2) is 28.4 Å². The minimum absolute atomic E-state index is 0.00405. The largest absolute Gasteiger partial charge is 0.487 e. The first-order chi connectivity index (χ1) is 12.2. The highest BCUT2D eigenvalue weighted by Crippen LogP contribution is 2.33. The molecule has 0 bridgehead atoms. The summed E-state index contributed by atoms with van der Waals surface area (Å²) < 4.78 is 6.52. The average Bonchev–Trinajstić information content (AvgIpc) is 2.55. The maximum absolute atomic E-state index is 12.5. The summed E-state index contributed by atoms with van der Waals surface area (Å²) in [6.45, 7) is 3.66. The normalized spacial score (nSPS) is 15.0. The number of fused-ring (bicyclic) bond motifs is 1. The van der Waals surface area contributed by atoms with Gasteiger partial charge < -0.3 is 15.2 Å². The van der Waals surface area contributed by atoms with Crippen LogP contribution in [0.3, 0.4) is 0 Å². The van der Waals surface area contributed by atoms with Crippen molar-refractivity contribution < 1.29 is 24.2 Å². The quantitative estimate of drug-likeness (QED) is 0.670. The molecule has 26 heavy (non-hydrogen) atoms. The van der Waals surface area contributed by atoms with Crippen molar-refractivity contribution >= 4 is 45.9 Å². The van der Waals surface area contributed by atoms with Crippen LogP contribution in [0.5, 0.6) is 5.75 Å². The second kappa shape index (κ2) is 6.71. The topological polar surface area (TPSA) is 92.7 Å². The fraction of sp³-hybridized carbons (Fsp3) is 0.211. The fourth-order valence-electron chi connectivity index (χ4n) is 2.79. The predicted octanol–water partition coefficient (Wildman–Crippen LogP) is 3.99. The van der Waals surface area contributed by atoms with Crippen LogP contribution in [0.2, 0.25) is 0 Å². The molecule has 0 aliphatic carbocycles. The summed E-state index contributed by atoms with van der Waals surface area (Å²) in [7, 11) is 0. The number of hydrogen-bond acceptors (Lipinski definition) is 4. The lowest BCUT2D eigenvalue weighted by Crippen LogP contribution is -2.36. The first-order valence-corrected chi connectivity index (χ1v) is 8.95. The number of carboxylic acid groups (broad SMARTS) is 1. The van der Waals surface area contributed by atoms with Gasteiger partial charge in [0.1, 0.15) is 11.4 Å². The number of aromatic carboxylic acids is 1. The van der Waals surface area contributed by atoms with Crippen molar-refractivity contribution in [1.29, 1.82) is 0 Å². The Morgan fingerprint density at radius 3 is 2.62 bits per heavy atom. The molecular weight excluding hydrogens is 449 g/mol. The van der Waals surface area contributed by atoms with Gasteiger partial charge in [0, 0.05) is 9.13 Å². The van der Waals surface area contributed by atoms with Crippen molar-refractivity contribution in [3.8, 4) is 5.75 Å². The van der Waals surface area contributed by atoms with E-state index in [9.17, 15) is 19.5 Å². The van der Waals surface area contributed by atoms with Crippen molar-refractivity contribution in [3.63, 3.8) is 0 Å². The van der Waals surface area contributed by atoms with Crippen molar-refractivity contribution in [1.82, 2.24) is 0 Å². The Bertz CT molecular complexity index is 936. The number of Topliss-reactive ketones (excluding diaryl/α,β-unsaturated/α-hetero) is 1. The summed E-state index contributed by atoms with van der Waals surface area (Å²) in [5.41, 5.74) is 0.243. The van der Waals surface area contributed by atoms with Crippen molar-refractivity contribution in [2.24, 2.45) is 0 Å². The van der Waals surface area contributed by atoms with Crippen LogP contribution >= 0.6 is 22.6 Å². The molecule has 1 amide bonds. The van der Waals surface area contributed by atoms with Gasteiger partial charge in [0.15, 0.2) is 5.78 Å². The molecule has 0 radical (unpaired) electrons. The highest BCUT2D eigenvalue weighted by atomic mass is 127. The van der Waals surface area contributed by atoms with Gasteiger partial charge in [0.25, 0.3) is 5.91 Å². The summed E-state index contributed by atoms with van der Waals surface area (Å²) in [6, 6.07) is 9.35. The average molecular weight is 465 g/mol. The number of nitrogens with one attached hydrogen (secondary N) is 1. The molecule has 0 unspecified atom stereocenters. The molecular formula is C19H16INO5. The number of carbonyl (C=O) groups excluding carboxylic acids is 2. The number of halogens is 1. The van der Waals surface area contributed by atoms with Gasteiger partial charge in [-0.05, 0) is 72.8 Å². The molecule has 0 atom stereocenters. The zero-order chi connectivity index (χ0) is 19.1. The Hall–Kier alpha value is -2.42. The van der Waals surface area contributed by atoms with E-state index in [0.29, 0.717) is 11.3 Å². The molecule has 7 heteroatoms. The Kier molecular flexibility index (Phi) is 4.74. The number of ether oxygens (including phenoxy) is 1. The van der Waals surface area contributed by atoms with E-state index >= 15 is 0 Å². The van der Waals surface area contributed by atoms with Gasteiger partial charge in [-0.3, -0.25) is 9.59 Å². The first kappa shape index (κ1) is 18.4. The molecule has 0 fully saturated rings. The predicted molar refractivity (Wildman–Crippen MR) is 104 cm³/mol. The third kappa shape index (κ3) is 3.72. The molecule has 2 aromatic carbocycles. The summed E-state index contributed by atoms with van der Waals surface area (Å²) in [6.07, 6.45) is 0.228. The minimum atomic E-state index is -1.13. The SMILES string of the molecule is CC1(C)CC(=O)c2cc(C(=O)Nc3ccc(I)cc3C(=O)O)ccc2O1. The van der Waals surface area contributed by atoms with E-state index in [2.05, 4.69) is 5.32 Å². The smallest absolute Gasteiger partial charge is 0.337 e. The van der Waals surface area contributed by atoms with Crippen LogP contribution in [0.4, 0.5) is 5.69 Å². The van der Waals surface area contributed by atoms with Gasteiger partial charge in [0.05, 0.1) is 23.2 Å². The highest BCUT2D eigenvalue weighted by Gasteiger charge is 2.32. The number of hydrogen-bond donors (Lipinski definition) is 2. The number of amides is 1. The monoisotopic (exact) mass is 465 g/mol. The van der Waals surface area contributed by atoms with Gasteiger partial charge in [-0.15, -0.1) is 0 Å². The van der Waals surface area contributed by atoms with Gasteiger partial charge in [0.2, 0.25) is 0 Å². The van der Waals surface area contributed by atoms with E-state index in [1.807, 2.05) is 36.4 Å². The standard InChI is InChI=1S/C19H16INO5/c1-19(2)9-15(22)13-7-10(3-6-16(13)26-19)17(23)21-14-5-4-11(20)8-12(14)18(24)25/h3-8H,9H2,1-2H3,(H,21,23)(H,24,25). The second-order valence-electron chi connectivity index (χ2n) is 6.62. The first-order valence-electron chi connectivity index (χ1n) is 7.87. The van der Waals surface area contributed by atoms with Crippen LogP contribution < -0.4 is 10.1 Å². The van der Waals surface area contributed by atoms with E-state index in [1.54, 1.807) is 18.2 Å². The zero-order valence-electron chi connectivity index (χ0n) is 14.1. The number of ketones is 1. The van der Waals surface area contributed by atoms with Crippen molar-refractivity contribution in [2.45, 2.75) is 25.9 Å². The van der Waals surface area contributed by atoms with Crippen LogP contribution in [-0.2, 0) is 0 Å². The number of anilines is 1. The number of carboxylic acids is 1. The lowest BCUT2D eigenvalue weighted by molar-refractivity contribution is 0.0618. The molecule has 0 aromatic heterocycles. The Morgan fingerprint density at radius 1 is 1.19 bits per heavy atom. The van der Waals surface area contributed by atoms with E-state index in [4.69, 9.17) is 4.74 Å². The molecule has 1 heterocycles. The Morgan fingerprint density at radius 2 is 1.92 bits per heavy atom. The van der Waals surface area contributed by atoms with Crippen molar-refractivity contribution in [2.75, 3.05) is 5.32 Å². The number of benzene rings is 2. The summed E-state index contributed by atoms with van der Waals surface area (Å²) in [5.74, 6) is -1.26. The maximum atomic E-state index is 12.5. The molecule has 0 saturated carbocycles. The lowest BCUT2D eigenvalue weighted by atomic mass is 9.92. The molecule has 2 aromatic rings. The molecule has 6 nitrogen and oxygen atoms in total. The van der Waals surface area contributed by atoms with Gasteiger partial charge in [-0.2, -0.15) is 0 Å². The Balaban J connectivity index is 1.90. The molecule has 0 spiro atoms. The molecule has 2 N–H and O–H groups in total. The molecule has 134 valence electrons. The van der Waals surface area contributed by atoms with Crippen LogP contribution in [0.15, 0.2) is 36.4 Å². The van der Waals surface area contributed by atoms with E-state index in [-0.39, 0.29) is 29.0 Å². The minimum Gasteiger partial charge on any atom is -0.487 e. The fourth-order valence-corrected chi connectivity index (χ4v) is 3.28. The van der Waals surface area contributed by atoms with Crippen LogP contribution in [0, 0.1) is 3.57 Å².